The van der Waals surface area contributed by atoms with E-state index in [1.807, 2.05) is 31.2 Å². The number of aromatic carboxylic acids is 1. The SMILES string of the molecule is CC1=NN(c2ccc(C(C)(C)C)cc2)C(=O)C1=NNc1cc(C)cc(-c2cccc(C(=O)O)c2)c1O. The van der Waals surface area contributed by atoms with Gasteiger partial charge in [-0.2, -0.15) is 15.2 Å². The largest absolute Gasteiger partial charge is 0.505 e. The monoisotopic (exact) mass is 484 g/mol. The third-order valence-corrected chi connectivity index (χ3v) is 5.93. The Labute approximate surface area is 209 Å². The molecular formula is C28H28N4O4. The number of hydrogen-bond acceptors (Lipinski definition) is 6. The van der Waals surface area contributed by atoms with E-state index in [1.165, 1.54) is 17.1 Å². The first kappa shape index (κ1) is 24.7. The lowest BCUT2D eigenvalue weighted by molar-refractivity contribution is -0.112. The first-order valence-corrected chi connectivity index (χ1v) is 11.5. The highest BCUT2D eigenvalue weighted by atomic mass is 16.4. The third kappa shape index (κ3) is 4.84. The van der Waals surface area contributed by atoms with Crippen LogP contribution in [0.4, 0.5) is 11.4 Å². The average molecular weight is 485 g/mol. The highest BCUT2D eigenvalue weighted by Gasteiger charge is 2.31. The van der Waals surface area contributed by atoms with E-state index in [1.54, 1.807) is 31.2 Å². The van der Waals surface area contributed by atoms with Gasteiger partial charge in [-0.1, -0.05) is 45.0 Å². The fourth-order valence-corrected chi connectivity index (χ4v) is 3.92. The van der Waals surface area contributed by atoms with E-state index in [0.717, 1.165) is 11.1 Å². The predicted molar refractivity (Wildman–Crippen MR) is 142 cm³/mol. The van der Waals surface area contributed by atoms with Gasteiger partial charge in [0.2, 0.25) is 0 Å². The number of rotatable bonds is 5. The van der Waals surface area contributed by atoms with E-state index in [2.05, 4.69) is 36.4 Å². The molecule has 0 atom stereocenters. The molecule has 0 bridgehead atoms. The highest BCUT2D eigenvalue weighted by molar-refractivity contribution is 6.71. The molecule has 184 valence electrons. The first-order valence-electron chi connectivity index (χ1n) is 11.5. The van der Waals surface area contributed by atoms with Crippen LogP contribution in [0.2, 0.25) is 0 Å². The number of carbonyl (C=O) groups is 2. The topological polar surface area (TPSA) is 115 Å². The molecule has 8 heteroatoms. The minimum atomic E-state index is -1.05. The van der Waals surface area contributed by atoms with Gasteiger partial charge >= 0.3 is 11.9 Å². The van der Waals surface area contributed by atoms with Crippen molar-refractivity contribution in [2.45, 2.75) is 40.0 Å². The lowest BCUT2D eigenvalue weighted by Gasteiger charge is -2.20. The minimum absolute atomic E-state index is 0.00706. The first-order chi connectivity index (χ1) is 17.0. The molecule has 8 nitrogen and oxygen atoms in total. The quantitative estimate of drug-likeness (QED) is 0.324. The molecule has 3 aromatic carbocycles. The third-order valence-electron chi connectivity index (χ3n) is 5.93. The Morgan fingerprint density at radius 3 is 2.36 bits per heavy atom. The second kappa shape index (κ2) is 9.30. The number of nitrogens with one attached hydrogen (secondary N) is 1. The Morgan fingerprint density at radius 1 is 1.03 bits per heavy atom. The molecular weight excluding hydrogens is 456 g/mol. The number of carbonyl (C=O) groups excluding carboxylic acids is 1. The Hall–Kier alpha value is -4.46. The van der Waals surface area contributed by atoms with Crippen molar-refractivity contribution in [1.82, 2.24) is 0 Å². The second-order valence-electron chi connectivity index (χ2n) is 9.77. The summed E-state index contributed by atoms with van der Waals surface area (Å²) in [5.41, 5.74) is 7.35. The Balaban J connectivity index is 1.61. The molecule has 1 heterocycles. The number of carboxylic acids is 1. The van der Waals surface area contributed by atoms with Gasteiger partial charge in [0.15, 0.2) is 5.71 Å². The van der Waals surface area contributed by atoms with Gasteiger partial charge in [-0.25, -0.2) is 4.79 Å². The zero-order chi connectivity index (χ0) is 26.2. The van der Waals surface area contributed by atoms with Crippen LogP contribution in [0, 0.1) is 6.92 Å². The van der Waals surface area contributed by atoms with Crippen LogP contribution in [0.15, 0.2) is 70.9 Å². The normalized spacial score (nSPS) is 14.8. The summed E-state index contributed by atoms with van der Waals surface area (Å²) >= 11 is 0. The van der Waals surface area contributed by atoms with Gasteiger partial charge in [0.1, 0.15) is 5.75 Å². The Kier molecular flexibility index (Phi) is 6.37. The van der Waals surface area contributed by atoms with Crippen molar-refractivity contribution in [3.05, 3.63) is 77.4 Å². The lowest BCUT2D eigenvalue weighted by atomic mass is 9.87. The molecule has 0 fully saturated rings. The summed E-state index contributed by atoms with van der Waals surface area (Å²) < 4.78 is 0. The molecule has 0 radical (unpaired) electrons. The number of amides is 1. The summed E-state index contributed by atoms with van der Waals surface area (Å²) in [6, 6.07) is 17.4. The van der Waals surface area contributed by atoms with Crippen LogP contribution in [0.3, 0.4) is 0 Å². The van der Waals surface area contributed by atoms with E-state index in [-0.39, 0.29) is 34.0 Å². The van der Waals surface area contributed by atoms with Gasteiger partial charge in [0.05, 0.1) is 22.6 Å². The van der Waals surface area contributed by atoms with Gasteiger partial charge in [-0.15, -0.1) is 0 Å². The van der Waals surface area contributed by atoms with E-state index in [4.69, 9.17) is 0 Å². The van der Waals surface area contributed by atoms with E-state index < -0.39 is 5.97 Å². The van der Waals surface area contributed by atoms with Gasteiger partial charge in [0, 0.05) is 5.56 Å². The minimum Gasteiger partial charge on any atom is -0.505 e. The molecule has 1 aliphatic rings. The number of hydrazone groups is 2. The molecule has 36 heavy (non-hydrogen) atoms. The fourth-order valence-electron chi connectivity index (χ4n) is 3.92. The van der Waals surface area contributed by atoms with Crippen LogP contribution >= 0.6 is 0 Å². The van der Waals surface area contributed by atoms with E-state index in [9.17, 15) is 19.8 Å². The molecule has 1 aliphatic heterocycles. The van der Waals surface area contributed by atoms with Crippen molar-refractivity contribution < 1.29 is 19.8 Å². The molecule has 3 aromatic rings. The summed E-state index contributed by atoms with van der Waals surface area (Å²) in [5.74, 6) is -1.55. The smallest absolute Gasteiger partial charge is 0.335 e. The lowest BCUT2D eigenvalue weighted by Crippen LogP contribution is -2.28. The summed E-state index contributed by atoms with van der Waals surface area (Å²) in [6.45, 7) is 9.91. The molecule has 0 saturated heterocycles. The zero-order valence-electron chi connectivity index (χ0n) is 20.8. The van der Waals surface area contributed by atoms with Gasteiger partial charge in [0.25, 0.3) is 0 Å². The Morgan fingerprint density at radius 2 is 1.72 bits per heavy atom. The van der Waals surface area contributed by atoms with Crippen LogP contribution in [-0.4, -0.2) is 33.5 Å². The number of aromatic hydroxyl groups is 1. The van der Waals surface area contributed by atoms with Crippen molar-refractivity contribution in [3.8, 4) is 16.9 Å². The number of anilines is 2. The van der Waals surface area contributed by atoms with Crippen molar-refractivity contribution in [1.29, 1.82) is 0 Å². The number of nitrogens with zero attached hydrogens (tertiary/aromatic N) is 3. The maximum absolute atomic E-state index is 13.1. The summed E-state index contributed by atoms with van der Waals surface area (Å²) in [5, 5.41) is 30.2. The zero-order valence-corrected chi connectivity index (χ0v) is 20.8. The second-order valence-corrected chi connectivity index (χ2v) is 9.77. The van der Waals surface area contributed by atoms with Gasteiger partial charge in [-0.3, -0.25) is 10.2 Å². The summed E-state index contributed by atoms with van der Waals surface area (Å²) in [7, 11) is 0. The van der Waals surface area contributed by atoms with Crippen LogP contribution < -0.4 is 10.4 Å². The number of phenolic OH excluding ortho intramolecular Hbond substituents is 1. The molecule has 0 saturated carbocycles. The summed E-state index contributed by atoms with van der Waals surface area (Å²) in [4.78, 5) is 24.4. The van der Waals surface area contributed by atoms with Gasteiger partial charge < -0.3 is 10.2 Å². The van der Waals surface area contributed by atoms with Crippen LogP contribution in [-0.2, 0) is 10.2 Å². The van der Waals surface area contributed by atoms with Gasteiger partial charge in [-0.05, 0) is 72.4 Å². The van der Waals surface area contributed by atoms with Crippen molar-refractivity contribution in [2.75, 3.05) is 10.4 Å². The molecule has 0 aliphatic carbocycles. The van der Waals surface area contributed by atoms with Crippen molar-refractivity contribution >= 4 is 34.7 Å². The molecule has 4 rings (SSSR count). The molecule has 3 N–H and O–H groups in total. The molecule has 0 spiro atoms. The predicted octanol–water partition coefficient (Wildman–Crippen LogP) is 5.55. The molecule has 0 aromatic heterocycles. The fraction of sp³-hybridized carbons (Fsp3) is 0.214. The van der Waals surface area contributed by atoms with Crippen LogP contribution in [0.1, 0.15) is 49.2 Å². The van der Waals surface area contributed by atoms with E-state index >= 15 is 0 Å². The average Bonchev–Trinajstić information content (AvgIpc) is 3.12. The van der Waals surface area contributed by atoms with E-state index in [0.29, 0.717) is 22.5 Å². The standard InChI is InChI=1S/C28H28N4O4/c1-16-13-22(18-7-6-8-19(15-18)27(35)36)25(33)23(14-16)29-30-24-17(2)31-32(26(24)34)21-11-9-20(10-12-21)28(3,4)5/h6-15,29,33H,1-5H3,(H,35,36). The molecule has 0 unspecified atom stereocenters. The van der Waals surface area contributed by atoms with Crippen molar-refractivity contribution in [2.24, 2.45) is 10.2 Å². The maximum atomic E-state index is 13.1. The molecule has 1 amide bonds. The highest BCUT2D eigenvalue weighted by Crippen LogP contribution is 2.37. The van der Waals surface area contributed by atoms with Crippen molar-refractivity contribution in [3.63, 3.8) is 0 Å². The van der Waals surface area contributed by atoms with Crippen LogP contribution in [0.5, 0.6) is 5.75 Å². The Bertz CT molecular complexity index is 1420. The summed E-state index contributed by atoms with van der Waals surface area (Å²) in [6.07, 6.45) is 0. The van der Waals surface area contributed by atoms with Crippen LogP contribution in [0.25, 0.3) is 11.1 Å². The number of carboxylic acid groups (broad SMARTS) is 1. The number of aryl methyl sites for hydroxylation is 1. The number of phenols is 1. The maximum Gasteiger partial charge on any atom is 0.335 e. The number of hydrogen-bond donors (Lipinski definition) is 3. The number of benzene rings is 3.